The van der Waals surface area contributed by atoms with Crippen molar-refractivity contribution in [3.8, 4) is 0 Å². The second-order valence-corrected chi connectivity index (χ2v) is 4.43. The molecule has 0 aromatic carbocycles. The molecule has 0 spiro atoms. The van der Waals surface area contributed by atoms with Crippen LogP contribution in [-0.2, 0) is 9.59 Å². The lowest BCUT2D eigenvalue weighted by Crippen LogP contribution is -2.40. The third-order valence-electron chi connectivity index (χ3n) is 3.27. The molecule has 3 heterocycles. The average molecular weight is 257 g/mol. The van der Waals surface area contributed by atoms with Crippen molar-refractivity contribution in [1.29, 1.82) is 0 Å². The van der Waals surface area contributed by atoms with E-state index in [2.05, 4.69) is 10.3 Å². The molecule has 1 aliphatic heterocycles. The Bertz CT molecular complexity index is 689. The number of aldehydes is 1. The van der Waals surface area contributed by atoms with Gasteiger partial charge in [-0.05, 0) is 18.6 Å². The molecule has 1 fully saturated rings. The molecule has 1 unspecified atom stereocenters. The molecule has 6 nitrogen and oxygen atoms in total. The van der Waals surface area contributed by atoms with E-state index in [0.29, 0.717) is 29.7 Å². The molecule has 2 aromatic heterocycles. The number of piperidine rings is 1. The maximum absolute atomic E-state index is 11.9. The predicted octanol–water partition coefficient (Wildman–Crippen LogP) is 0.667. The lowest BCUT2D eigenvalue weighted by molar-refractivity contribution is -0.134. The molecule has 1 atom stereocenters. The van der Waals surface area contributed by atoms with Crippen LogP contribution < -0.4 is 5.32 Å². The largest absolute Gasteiger partial charge is 0.302 e. The zero-order chi connectivity index (χ0) is 13.4. The second-order valence-electron chi connectivity index (χ2n) is 4.43. The molecule has 1 N–H and O–H groups in total. The summed E-state index contributed by atoms with van der Waals surface area (Å²) in [6, 6.07) is 5.38. The first-order valence-electron chi connectivity index (χ1n) is 5.96. The van der Waals surface area contributed by atoms with E-state index in [4.69, 9.17) is 0 Å². The number of amides is 2. The van der Waals surface area contributed by atoms with Crippen LogP contribution in [0.1, 0.15) is 35.1 Å². The fraction of sp³-hybridized carbons (Fsp3) is 0.231. The number of imidazole rings is 1. The Hall–Kier alpha value is -2.50. The Morgan fingerprint density at radius 1 is 1.37 bits per heavy atom. The molecule has 0 bridgehead atoms. The highest BCUT2D eigenvalue weighted by Crippen LogP contribution is 2.25. The summed E-state index contributed by atoms with van der Waals surface area (Å²) in [6.07, 6.45) is 3.13. The van der Waals surface area contributed by atoms with Crippen LogP contribution >= 0.6 is 0 Å². The molecule has 0 radical (unpaired) electrons. The second kappa shape index (κ2) is 4.31. The highest BCUT2D eigenvalue weighted by molar-refractivity contribution is 6.00. The summed E-state index contributed by atoms with van der Waals surface area (Å²) < 4.78 is 1.73. The molecular formula is C13H11N3O3. The zero-order valence-electron chi connectivity index (χ0n) is 10.00. The number of imide groups is 1. The summed E-state index contributed by atoms with van der Waals surface area (Å²) in [7, 11) is 0. The van der Waals surface area contributed by atoms with Crippen molar-refractivity contribution in [3.05, 3.63) is 35.9 Å². The van der Waals surface area contributed by atoms with Crippen molar-refractivity contribution in [2.75, 3.05) is 0 Å². The summed E-state index contributed by atoms with van der Waals surface area (Å²) in [5, 5.41) is 2.30. The van der Waals surface area contributed by atoms with Gasteiger partial charge in [-0.25, -0.2) is 4.98 Å². The third-order valence-corrected chi connectivity index (χ3v) is 3.27. The van der Waals surface area contributed by atoms with Gasteiger partial charge in [0, 0.05) is 12.6 Å². The first-order chi connectivity index (χ1) is 9.20. The van der Waals surface area contributed by atoms with Crippen molar-refractivity contribution < 1.29 is 14.4 Å². The van der Waals surface area contributed by atoms with E-state index >= 15 is 0 Å². The number of aromatic nitrogens is 2. The number of nitrogens with one attached hydrogen (secondary N) is 1. The fourth-order valence-corrected chi connectivity index (χ4v) is 2.36. The Morgan fingerprint density at radius 3 is 2.95 bits per heavy atom. The van der Waals surface area contributed by atoms with Crippen LogP contribution in [0.25, 0.3) is 5.52 Å². The van der Waals surface area contributed by atoms with E-state index in [-0.39, 0.29) is 18.2 Å². The zero-order valence-corrected chi connectivity index (χ0v) is 10.00. The van der Waals surface area contributed by atoms with Crippen LogP contribution in [0.4, 0.5) is 0 Å². The molecule has 96 valence electrons. The first kappa shape index (κ1) is 11.6. The van der Waals surface area contributed by atoms with Crippen molar-refractivity contribution in [1.82, 2.24) is 14.7 Å². The molecule has 1 saturated heterocycles. The van der Waals surface area contributed by atoms with Crippen molar-refractivity contribution in [2.45, 2.75) is 18.8 Å². The minimum absolute atomic E-state index is 0.266. The van der Waals surface area contributed by atoms with E-state index in [0.717, 1.165) is 0 Å². The standard InChI is InChI=1S/C13H11N3O3/c17-7-9-10-3-1-2-6-16(10)12(14-9)8-4-5-11(18)15-13(8)19/h1-3,6-8H,4-5H2,(H,15,18,19). The number of rotatable bonds is 2. The molecule has 2 amide bonds. The molecule has 0 aliphatic carbocycles. The van der Waals surface area contributed by atoms with Gasteiger partial charge in [-0.3, -0.25) is 19.7 Å². The Balaban J connectivity index is 2.12. The molecule has 3 rings (SSSR count). The minimum Gasteiger partial charge on any atom is -0.302 e. The number of nitrogens with zero attached hydrogens (tertiary/aromatic N) is 2. The van der Waals surface area contributed by atoms with E-state index in [1.165, 1.54) is 0 Å². The number of carbonyl (C=O) groups excluding carboxylic acids is 3. The van der Waals surface area contributed by atoms with Crippen molar-refractivity contribution in [2.24, 2.45) is 0 Å². The Kier molecular flexibility index (Phi) is 2.63. The van der Waals surface area contributed by atoms with Gasteiger partial charge in [0.15, 0.2) is 6.29 Å². The lowest BCUT2D eigenvalue weighted by atomic mass is 9.97. The van der Waals surface area contributed by atoms with Gasteiger partial charge in [0.1, 0.15) is 11.5 Å². The summed E-state index contributed by atoms with van der Waals surface area (Å²) in [6.45, 7) is 0. The number of carbonyl (C=O) groups is 3. The van der Waals surface area contributed by atoms with E-state index in [9.17, 15) is 14.4 Å². The highest BCUT2D eigenvalue weighted by Gasteiger charge is 2.31. The molecule has 6 heteroatoms. The highest BCUT2D eigenvalue weighted by atomic mass is 16.2. The normalized spacial score (nSPS) is 19.5. The smallest absolute Gasteiger partial charge is 0.237 e. The first-order valence-corrected chi connectivity index (χ1v) is 5.96. The molecule has 19 heavy (non-hydrogen) atoms. The minimum atomic E-state index is -0.499. The van der Waals surface area contributed by atoms with Gasteiger partial charge in [0.2, 0.25) is 11.8 Å². The summed E-state index contributed by atoms with van der Waals surface area (Å²) in [4.78, 5) is 38.3. The van der Waals surface area contributed by atoms with Gasteiger partial charge in [0.05, 0.1) is 11.4 Å². The van der Waals surface area contributed by atoms with Gasteiger partial charge < -0.3 is 4.40 Å². The van der Waals surface area contributed by atoms with Crippen LogP contribution in [0.2, 0.25) is 0 Å². The van der Waals surface area contributed by atoms with Gasteiger partial charge in [-0.2, -0.15) is 0 Å². The van der Waals surface area contributed by atoms with Gasteiger partial charge >= 0.3 is 0 Å². The van der Waals surface area contributed by atoms with Crippen LogP contribution in [0.5, 0.6) is 0 Å². The van der Waals surface area contributed by atoms with Crippen LogP contribution in [0.15, 0.2) is 24.4 Å². The summed E-state index contributed by atoms with van der Waals surface area (Å²) >= 11 is 0. The SMILES string of the molecule is O=Cc1nc(C2CCC(=O)NC2=O)n2ccccc12. The van der Waals surface area contributed by atoms with Crippen LogP contribution in [-0.4, -0.2) is 27.5 Å². The Labute approximate surface area is 108 Å². The molecule has 1 aliphatic rings. The average Bonchev–Trinajstić information content (AvgIpc) is 2.78. The van der Waals surface area contributed by atoms with Crippen molar-refractivity contribution >= 4 is 23.6 Å². The number of pyridine rings is 1. The van der Waals surface area contributed by atoms with Gasteiger partial charge in [0.25, 0.3) is 0 Å². The Morgan fingerprint density at radius 2 is 2.21 bits per heavy atom. The monoisotopic (exact) mass is 257 g/mol. The number of fused-ring (bicyclic) bond motifs is 1. The molecule has 0 saturated carbocycles. The quantitative estimate of drug-likeness (QED) is 0.633. The third kappa shape index (κ3) is 1.81. The van der Waals surface area contributed by atoms with Crippen LogP contribution in [0, 0.1) is 0 Å². The predicted molar refractivity (Wildman–Crippen MR) is 65.7 cm³/mol. The van der Waals surface area contributed by atoms with Crippen LogP contribution in [0.3, 0.4) is 0 Å². The summed E-state index contributed by atoms with van der Waals surface area (Å²) in [5.74, 6) is -0.619. The lowest BCUT2D eigenvalue weighted by Gasteiger charge is -2.19. The maximum Gasteiger partial charge on any atom is 0.237 e. The molecule has 2 aromatic rings. The van der Waals surface area contributed by atoms with Crippen molar-refractivity contribution in [3.63, 3.8) is 0 Å². The molecular weight excluding hydrogens is 246 g/mol. The summed E-state index contributed by atoms with van der Waals surface area (Å²) in [5.41, 5.74) is 0.970. The van der Waals surface area contributed by atoms with E-state index in [1.54, 1.807) is 28.8 Å². The van der Waals surface area contributed by atoms with Gasteiger partial charge in [-0.1, -0.05) is 6.07 Å². The number of hydrogen-bond acceptors (Lipinski definition) is 4. The number of hydrogen-bond donors (Lipinski definition) is 1. The van der Waals surface area contributed by atoms with E-state index in [1.807, 2.05) is 0 Å². The fourth-order valence-electron chi connectivity index (χ4n) is 2.36. The topological polar surface area (TPSA) is 80.5 Å². The maximum atomic E-state index is 11.9. The van der Waals surface area contributed by atoms with Gasteiger partial charge in [-0.15, -0.1) is 0 Å². The van der Waals surface area contributed by atoms with E-state index < -0.39 is 5.92 Å².